The van der Waals surface area contributed by atoms with Crippen molar-refractivity contribution in [2.75, 3.05) is 7.11 Å². The lowest BCUT2D eigenvalue weighted by atomic mass is 10.0. The Kier molecular flexibility index (Phi) is 4.09. The minimum Gasteiger partial charge on any atom is -0.496 e. The van der Waals surface area contributed by atoms with Crippen LogP contribution < -0.4 is 4.74 Å². The minimum absolute atomic E-state index is 0.0803. The maximum Gasteiger partial charge on any atom is 0.451 e. The Hall–Kier alpha value is -1.82. The van der Waals surface area contributed by atoms with Gasteiger partial charge in [0.2, 0.25) is 5.82 Å². The number of benzene rings is 1. The first kappa shape index (κ1) is 15.6. The summed E-state index contributed by atoms with van der Waals surface area (Å²) in [6.45, 7) is 3.64. The lowest BCUT2D eigenvalue weighted by Gasteiger charge is -2.14. The molecule has 0 spiro atoms. The standard InChI is InChI=1S/C14H12ClF3N2O/c1-7-4-8(2)12(10(5-7)21-3)9-6-11(15)20-13(19-9)14(16,17)18/h4-6H,1-3H3. The van der Waals surface area contributed by atoms with E-state index in [9.17, 15) is 13.2 Å². The molecule has 1 aromatic heterocycles. The van der Waals surface area contributed by atoms with Gasteiger partial charge in [0.25, 0.3) is 0 Å². The van der Waals surface area contributed by atoms with Crippen molar-refractivity contribution in [3.05, 3.63) is 40.3 Å². The van der Waals surface area contributed by atoms with E-state index < -0.39 is 12.0 Å². The van der Waals surface area contributed by atoms with Gasteiger partial charge in [0.05, 0.1) is 12.8 Å². The highest BCUT2D eigenvalue weighted by Crippen LogP contribution is 2.36. The highest BCUT2D eigenvalue weighted by atomic mass is 35.5. The maximum absolute atomic E-state index is 12.8. The third kappa shape index (κ3) is 3.26. The van der Waals surface area contributed by atoms with E-state index >= 15 is 0 Å². The monoisotopic (exact) mass is 316 g/mol. The zero-order chi connectivity index (χ0) is 15.8. The summed E-state index contributed by atoms with van der Waals surface area (Å²) in [4.78, 5) is 6.80. The number of alkyl halides is 3. The van der Waals surface area contributed by atoms with Crippen LogP contribution in [0.5, 0.6) is 5.75 Å². The van der Waals surface area contributed by atoms with Crippen LogP contribution in [0, 0.1) is 13.8 Å². The van der Waals surface area contributed by atoms with E-state index in [1.165, 1.54) is 13.2 Å². The summed E-state index contributed by atoms with van der Waals surface area (Å²) < 4.78 is 43.6. The Bertz CT molecular complexity index is 687. The molecule has 0 atom stereocenters. The van der Waals surface area contributed by atoms with E-state index in [2.05, 4.69) is 9.97 Å². The summed E-state index contributed by atoms with van der Waals surface area (Å²) in [5.41, 5.74) is 2.23. The molecule has 7 heteroatoms. The van der Waals surface area contributed by atoms with Crippen molar-refractivity contribution in [3.63, 3.8) is 0 Å². The molecule has 1 heterocycles. The Balaban J connectivity index is 2.70. The molecule has 0 radical (unpaired) electrons. The van der Waals surface area contributed by atoms with Crippen molar-refractivity contribution in [3.8, 4) is 17.0 Å². The molecule has 1 aromatic carbocycles. The normalized spacial score (nSPS) is 11.6. The predicted molar refractivity (Wildman–Crippen MR) is 73.5 cm³/mol. The number of hydrogen-bond donors (Lipinski definition) is 0. The van der Waals surface area contributed by atoms with Crippen molar-refractivity contribution in [2.45, 2.75) is 20.0 Å². The van der Waals surface area contributed by atoms with Crippen LogP contribution in [0.25, 0.3) is 11.3 Å². The fourth-order valence-corrected chi connectivity index (χ4v) is 2.27. The van der Waals surface area contributed by atoms with E-state index in [-0.39, 0.29) is 10.8 Å². The van der Waals surface area contributed by atoms with Gasteiger partial charge in [0.1, 0.15) is 10.9 Å². The number of aromatic nitrogens is 2. The molecule has 0 N–H and O–H groups in total. The first-order valence-electron chi connectivity index (χ1n) is 5.99. The number of nitrogens with zero attached hydrogens (tertiary/aromatic N) is 2. The minimum atomic E-state index is -4.66. The van der Waals surface area contributed by atoms with Crippen molar-refractivity contribution >= 4 is 11.6 Å². The molecule has 0 fully saturated rings. The third-order valence-corrected chi connectivity index (χ3v) is 3.06. The van der Waals surface area contributed by atoms with Crippen LogP contribution in [0.4, 0.5) is 13.2 Å². The molecule has 0 unspecified atom stereocenters. The zero-order valence-corrected chi connectivity index (χ0v) is 12.3. The summed E-state index contributed by atoms with van der Waals surface area (Å²) in [5, 5.41) is -0.269. The molecule has 3 nitrogen and oxygen atoms in total. The van der Waals surface area contributed by atoms with Gasteiger partial charge in [-0.05, 0) is 31.0 Å². The van der Waals surface area contributed by atoms with Crippen LogP contribution in [0.3, 0.4) is 0 Å². The average Bonchev–Trinajstić information content (AvgIpc) is 2.35. The second kappa shape index (κ2) is 5.52. The number of halogens is 4. The molecular formula is C14H12ClF3N2O. The molecule has 0 aliphatic rings. The quantitative estimate of drug-likeness (QED) is 0.768. The molecule has 0 saturated heterocycles. The van der Waals surface area contributed by atoms with E-state index in [0.717, 1.165) is 11.1 Å². The lowest BCUT2D eigenvalue weighted by Crippen LogP contribution is -2.12. The van der Waals surface area contributed by atoms with Gasteiger partial charge >= 0.3 is 6.18 Å². The summed E-state index contributed by atoms with van der Waals surface area (Å²) in [6.07, 6.45) is -4.66. The highest BCUT2D eigenvalue weighted by molar-refractivity contribution is 6.29. The van der Waals surface area contributed by atoms with Gasteiger partial charge in [-0.15, -0.1) is 0 Å². The Morgan fingerprint density at radius 2 is 1.76 bits per heavy atom. The van der Waals surface area contributed by atoms with Crippen molar-refractivity contribution < 1.29 is 17.9 Å². The maximum atomic E-state index is 12.8. The number of rotatable bonds is 2. The Morgan fingerprint density at radius 1 is 1.10 bits per heavy atom. The van der Waals surface area contributed by atoms with E-state index in [1.54, 1.807) is 13.0 Å². The number of methoxy groups -OCH3 is 1. The van der Waals surface area contributed by atoms with Crippen LogP contribution in [0.15, 0.2) is 18.2 Å². The second-order valence-corrected chi connectivity index (χ2v) is 4.94. The van der Waals surface area contributed by atoms with Crippen molar-refractivity contribution in [1.29, 1.82) is 0 Å². The number of ether oxygens (including phenoxy) is 1. The smallest absolute Gasteiger partial charge is 0.451 e. The average molecular weight is 317 g/mol. The summed E-state index contributed by atoms with van der Waals surface area (Å²) in [5.74, 6) is -0.831. The zero-order valence-electron chi connectivity index (χ0n) is 11.5. The van der Waals surface area contributed by atoms with Gasteiger partial charge in [0, 0.05) is 11.6 Å². The molecule has 0 aliphatic heterocycles. The van der Waals surface area contributed by atoms with Crippen LogP contribution in [0.1, 0.15) is 17.0 Å². The molecule has 112 valence electrons. The molecule has 2 rings (SSSR count). The topological polar surface area (TPSA) is 35.0 Å². The van der Waals surface area contributed by atoms with Crippen molar-refractivity contribution in [1.82, 2.24) is 9.97 Å². The Labute approximate surface area is 124 Å². The Morgan fingerprint density at radius 3 is 2.33 bits per heavy atom. The van der Waals surface area contributed by atoms with Crippen LogP contribution in [-0.2, 0) is 6.18 Å². The van der Waals surface area contributed by atoms with Crippen molar-refractivity contribution in [2.24, 2.45) is 0 Å². The van der Waals surface area contributed by atoms with Gasteiger partial charge in [-0.25, -0.2) is 9.97 Å². The molecule has 0 saturated carbocycles. The van der Waals surface area contributed by atoms with Crippen LogP contribution >= 0.6 is 11.6 Å². The van der Waals surface area contributed by atoms with Gasteiger partial charge < -0.3 is 4.74 Å². The van der Waals surface area contributed by atoms with E-state index in [0.29, 0.717) is 11.3 Å². The summed E-state index contributed by atoms with van der Waals surface area (Å²) in [6, 6.07) is 4.85. The van der Waals surface area contributed by atoms with E-state index in [4.69, 9.17) is 16.3 Å². The molecule has 0 amide bonds. The van der Waals surface area contributed by atoms with Gasteiger partial charge in [-0.1, -0.05) is 17.7 Å². The molecular weight excluding hydrogens is 305 g/mol. The summed E-state index contributed by atoms with van der Waals surface area (Å²) in [7, 11) is 1.45. The van der Waals surface area contributed by atoms with Gasteiger partial charge in [0.15, 0.2) is 0 Å². The van der Waals surface area contributed by atoms with Crippen LogP contribution in [-0.4, -0.2) is 17.1 Å². The largest absolute Gasteiger partial charge is 0.496 e. The predicted octanol–water partition coefficient (Wildman–Crippen LogP) is 4.44. The molecule has 2 aromatic rings. The fraction of sp³-hybridized carbons (Fsp3) is 0.286. The van der Waals surface area contributed by atoms with Crippen LogP contribution in [0.2, 0.25) is 5.15 Å². The molecule has 0 bridgehead atoms. The SMILES string of the molecule is COc1cc(C)cc(C)c1-c1cc(Cl)nc(C(F)(F)F)n1. The lowest BCUT2D eigenvalue weighted by molar-refractivity contribution is -0.144. The first-order chi connectivity index (χ1) is 9.72. The fourth-order valence-electron chi connectivity index (χ4n) is 2.09. The molecule has 0 aliphatic carbocycles. The number of aryl methyl sites for hydroxylation is 2. The summed E-state index contributed by atoms with van der Waals surface area (Å²) >= 11 is 5.69. The van der Waals surface area contributed by atoms with E-state index in [1.807, 2.05) is 13.0 Å². The second-order valence-electron chi connectivity index (χ2n) is 4.56. The van der Waals surface area contributed by atoms with Gasteiger partial charge in [-0.2, -0.15) is 13.2 Å². The number of hydrogen-bond acceptors (Lipinski definition) is 3. The molecule has 21 heavy (non-hydrogen) atoms. The first-order valence-corrected chi connectivity index (χ1v) is 6.37. The van der Waals surface area contributed by atoms with Gasteiger partial charge in [-0.3, -0.25) is 0 Å². The third-order valence-electron chi connectivity index (χ3n) is 2.87. The highest BCUT2D eigenvalue weighted by Gasteiger charge is 2.35.